The van der Waals surface area contributed by atoms with Gasteiger partial charge in [0.1, 0.15) is 0 Å². The molecule has 0 aliphatic heterocycles. The van der Waals surface area contributed by atoms with Crippen LogP contribution in [0, 0.1) is 16.7 Å². The number of nitrogens with zero attached hydrogens (tertiary/aromatic N) is 1. The van der Waals surface area contributed by atoms with Crippen LogP contribution in [-0.2, 0) is 9.53 Å². The predicted octanol–water partition coefficient (Wildman–Crippen LogP) is 2.66. The highest BCUT2D eigenvalue weighted by Gasteiger charge is 2.37. The van der Waals surface area contributed by atoms with Gasteiger partial charge in [0.15, 0.2) is 5.41 Å². The van der Waals surface area contributed by atoms with Crippen LogP contribution >= 0.6 is 0 Å². The van der Waals surface area contributed by atoms with Crippen LogP contribution < -0.4 is 0 Å². The Kier molecular flexibility index (Phi) is 5.94. The van der Waals surface area contributed by atoms with E-state index in [-0.39, 0.29) is 5.97 Å². The highest BCUT2D eigenvalue weighted by Crippen LogP contribution is 2.29. The summed E-state index contributed by atoms with van der Waals surface area (Å²) in [5.41, 5.74) is -0.911. The van der Waals surface area contributed by atoms with E-state index in [1.807, 2.05) is 13.8 Å². The molecule has 0 heterocycles. The van der Waals surface area contributed by atoms with Gasteiger partial charge in [-0.15, -0.1) is 0 Å². The molecule has 0 aliphatic carbocycles. The molecule has 0 aromatic carbocycles. The minimum Gasteiger partial charge on any atom is -0.465 e. The molecule has 0 saturated carbocycles. The monoisotopic (exact) mass is 197 g/mol. The maximum atomic E-state index is 11.6. The molecular formula is C11H19NO2. The lowest BCUT2D eigenvalue weighted by atomic mass is 9.82. The Bertz CT molecular complexity index is 220. The summed E-state index contributed by atoms with van der Waals surface area (Å²) in [6.07, 6.45) is 3.01. The Morgan fingerprint density at radius 1 is 1.43 bits per heavy atom. The van der Waals surface area contributed by atoms with Gasteiger partial charge in [0, 0.05) is 0 Å². The van der Waals surface area contributed by atoms with Crippen LogP contribution in [0.1, 0.15) is 46.5 Å². The number of ether oxygens (including phenoxy) is 1. The lowest BCUT2D eigenvalue weighted by Gasteiger charge is -2.22. The number of carbonyl (C=O) groups is 1. The van der Waals surface area contributed by atoms with Gasteiger partial charge in [-0.25, -0.2) is 0 Å². The van der Waals surface area contributed by atoms with E-state index in [1.54, 1.807) is 6.92 Å². The first-order valence-corrected chi connectivity index (χ1v) is 5.25. The standard InChI is InChI=1S/C11H19NO2/c1-4-7-8-11(5-2,9-12)10(13)14-6-3/h4-8H2,1-3H3. The summed E-state index contributed by atoms with van der Waals surface area (Å²) in [5.74, 6) is -0.363. The van der Waals surface area contributed by atoms with E-state index >= 15 is 0 Å². The maximum Gasteiger partial charge on any atom is 0.326 e. The van der Waals surface area contributed by atoms with Gasteiger partial charge in [0.25, 0.3) is 0 Å². The molecule has 0 bridgehead atoms. The first kappa shape index (κ1) is 13.0. The Hall–Kier alpha value is -1.04. The molecule has 0 aromatic heterocycles. The third kappa shape index (κ3) is 3.02. The van der Waals surface area contributed by atoms with Gasteiger partial charge in [0.2, 0.25) is 0 Å². The molecule has 0 saturated heterocycles. The Morgan fingerprint density at radius 3 is 2.43 bits per heavy atom. The quantitative estimate of drug-likeness (QED) is 0.615. The van der Waals surface area contributed by atoms with Gasteiger partial charge in [-0.1, -0.05) is 26.7 Å². The van der Waals surface area contributed by atoms with E-state index in [1.165, 1.54) is 0 Å². The normalized spacial score (nSPS) is 14.1. The van der Waals surface area contributed by atoms with Crippen molar-refractivity contribution < 1.29 is 9.53 Å². The van der Waals surface area contributed by atoms with Crippen molar-refractivity contribution in [2.75, 3.05) is 6.61 Å². The van der Waals surface area contributed by atoms with E-state index in [4.69, 9.17) is 10.00 Å². The fourth-order valence-corrected chi connectivity index (χ4v) is 1.35. The molecule has 0 fully saturated rings. The molecule has 0 N–H and O–H groups in total. The second-order valence-corrected chi connectivity index (χ2v) is 3.37. The highest BCUT2D eigenvalue weighted by molar-refractivity contribution is 5.79. The Labute approximate surface area is 86.1 Å². The number of hydrogen-bond donors (Lipinski definition) is 0. The topological polar surface area (TPSA) is 50.1 Å². The molecule has 0 aromatic rings. The van der Waals surface area contributed by atoms with E-state index in [2.05, 4.69) is 6.07 Å². The van der Waals surface area contributed by atoms with Crippen LogP contribution in [0.25, 0.3) is 0 Å². The van der Waals surface area contributed by atoms with Crippen molar-refractivity contribution in [1.82, 2.24) is 0 Å². The third-order valence-electron chi connectivity index (χ3n) is 2.44. The number of esters is 1. The van der Waals surface area contributed by atoms with Crippen LogP contribution in [0.2, 0.25) is 0 Å². The van der Waals surface area contributed by atoms with Crippen molar-refractivity contribution in [2.24, 2.45) is 5.41 Å². The van der Waals surface area contributed by atoms with Crippen molar-refractivity contribution in [2.45, 2.75) is 46.5 Å². The van der Waals surface area contributed by atoms with E-state index in [9.17, 15) is 4.79 Å². The van der Waals surface area contributed by atoms with Gasteiger partial charge < -0.3 is 4.74 Å². The summed E-state index contributed by atoms with van der Waals surface area (Å²) in [7, 11) is 0. The zero-order chi connectivity index (χ0) is 11.0. The minimum absolute atomic E-state index is 0.342. The summed E-state index contributed by atoms with van der Waals surface area (Å²) in [5, 5.41) is 9.05. The van der Waals surface area contributed by atoms with Crippen molar-refractivity contribution >= 4 is 5.97 Å². The summed E-state index contributed by atoms with van der Waals surface area (Å²) < 4.78 is 4.92. The Morgan fingerprint density at radius 2 is 2.07 bits per heavy atom. The van der Waals surface area contributed by atoms with Crippen LogP contribution in [-0.4, -0.2) is 12.6 Å². The zero-order valence-electron chi connectivity index (χ0n) is 9.30. The molecule has 1 unspecified atom stereocenters. The van der Waals surface area contributed by atoms with Crippen molar-refractivity contribution in [3.8, 4) is 6.07 Å². The Balaban J connectivity index is 4.53. The van der Waals surface area contributed by atoms with Gasteiger partial charge in [-0.05, 0) is 19.8 Å². The molecule has 0 rings (SSSR count). The number of unbranched alkanes of at least 4 members (excludes halogenated alkanes) is 1. The lowest BCUT2D eigenvalue weighted by molar-refractivity contribution is -0.152. The van der Waals surface area contributed by atoms with Crippen molar-refractivity contribution in [3.05, 3.63) is 0 Å². The highest BCUT2D eigenvalue weighted by atomic mass is 16.5. The lowest BCUT2D eigenvalue weighted by Crippen LogP contribution is -2.31. The molecule has 80 valence electrons. The number of nitriles is 1. The first-order chi connectivity index (χ1) is 6.66. The van der Waals surface area contributed by atoms with Crippen LogP contribution in [0.4, 0.5) is 0 Å². The molecular weight excluding hydrogens is 178 g/mol. The average Bonchev–Trinajstić information content (AvgIpc) is 2.21. The van der Waals surface area contributed by atoms with Crippen LogP contribution in [0.3, 0.4) is 0 Å². The number of carbonyl (C=O) groups excluding carboxylic acids is 1. The largest absolute Gasteiger partial charge is 0.465 e. The molecule has 3 heteroatoms. The van der Waals surface area contributed by atoms with Gasteiger partial charge in [-0.3, -0.25) is 4.79 Å². The van der Waals surface area contributed by atoms with Crippen molar-refractivity contribution in [3.63, 3.8) is 0 Å². The molecule has 3 nitrogen and oxygen atoms in total. The van der Waals surface area contributed by atoms with Crippen LogP contribution in [0.15, 0.2) is 0 Å². The average molecular weight is 197 g/mol. The molecule has 14 heavy (non-hydrogen) atoms. The third-order valence-corrected chi connectivity index (χ3v) is 2.44. The predicted molar refractivity (Wildman–Crippen MR) is 54.5 cm³/mol. The number of hydrogen-bond acceptors (Lipinski definition) is 3. The van der Waals surface area contributed by atoms with Gasteiger partial charge >= 0.3 is 5.97 Å². The van der Waals surface area contributed by atoms with Crippen molar-refractivity contribution in [1.29, 1.82) is 5.26 Å². The number of rotatable bonds is 6. The minimum atomic E-state index is -0.911. The second-order valence-electron chi connectivity index (χ2n) is 3.37. The first-order valence-electron chi connectivity index (χ1n) is 5.25. The molecule has 0 aliphatic rings. The van der Waals surface area contributed by atoms with Gasteiger partial charge in [-0.2, -0.15) is 5.26 Å². The van der Waals surface area contributed by atoms with E-state index in [0.717, 1.165) is 12.8 Å². The summed E-state index contributed by atoms with van der Waals surface area (Å²) in [6, 6.07) is 2.11. The SMILES string of the molecule is CCCCC(C#N)(CC)C(=O)OCC. The van der Waals surface area contributed by atoms with E-state index in [0.29, 0.717) is 19.4 Å². The zero-order valence-corrected chi connectivity index (χ0v) is 9.30. The molecule has 1 atom stereocenters. The fraction of sp³-hybridized carbons (Fsp3) is 0.818. The summed E-state index contributed by atoms with van der Waals surface area (Å²) in [4.78, 5) is 11.6. The molecule has 0 radical (unpaired) electrons. The second kappa shape index (κ2) is 6.42. The van der Waals surface area contributed by atoms with Gasteiger partial charge in [0.05, 0.1) is 12.7 Å². The summed E-state index contributed by atoms with van der Waals surface area (Å²) >= 11 is 0. The van der Waals surface area contributed by atoms with E-state index < -0.39 is 5.41 Å². The fourth-order valence-electron chi connectivity index (χ4n) is 1.35. The molecule has 0 spiro atoms. The van der Waals surface area contributed by atoms with Crippen LogP contribution in [0.5, 0.6) is 0 Å². The smallest absolute Gasteiger partial charge is 0.326 e. The maximum absolute atomic E-state index is 11.6. The molecule has 0 amide bonds. The summed E-state index contributed by atoms with van der Waals surface area (Å²) in [6.45, 7) is 6.00.